The van der Waals surface area contributed by atoms with Crippen LogP contribution in [0, 0.1) is 28.6 Å². The maximum Gasteiger partial charge on any atom is 0.243 e. The van der Waals surface area contributed by atoms with Crippen molar-refractivity contribution in [3.05, 3.63) is 11.7 Å². The van der Waals surface area contributed by atoms with Crippen LogP contribution in [-0.2, 0) is 0 Å². The molecule has 3 rings (SSSR count). The van der Waals surface area contributed by atoms with E-state index in [1.54, 1.807) is 0 Å². The summed E-state index contributed by atoms with van der Waals surface area (Å²) in [6.45, 7) is 6.59. The third kappa shape index (κ3) is 4.11. The summed E-state index contributed by atoms with van der Waals surface area (Å²) in [5.74, 6) is 2.05. The molecule has 0 unspecified atom stereocenters. The van der Waals surface area contributed by atoms with Gasteiger partial charge in [-0.25, -0.2) is 0 Å². The average Bonchev–Trinajstić information content (AvgIpc) is 3.35. The van der Waals surface area contributed by atoms with Crippen molar-refractivity contribution in [3.8, 4) is 12.1 Å². The van der Waals surface area contributed by atoms with Crippen molar-refractivity contribution in [1.82, 2.24) is 19.9 Å². The van der Waals surface area contributed by atoms with Crippen LogP contribution in [0.3, 0.4) is 0 Å². The minimum atomic E-state index is -0.0503. The van der Waals surface area contributed by atoms with Gasteiger partial charge in [-0.1, -0.05) is 5.16 Å². The largest absolute Gasteiger partial charge is 0.338 e. The molecule has 1 aromatic rings. The summed E-state index contributed by atoms with van der Waals surface area (Å²) >= 11 is 0. The highest BCUT2D eigenvalue weighted by Gasteiger charge is 2.31. The first kappa shape index (κ1) is 16.9. The molecule has 1 aliphatic heterocycles. The van der Waals surface area contributed by atoms with Crippen LogP contribution in [0.25, 0.3) is 0 Å². The Morgan fingerprint density at radius 1 is 1.25 bits per heavy atom. The molecule has 128 valence electrons. The Morgan fingerprint density at radius 3 is 2.62 bits per heavy atom. The van der Waals surface area contributed by atoms with Crippen LogP contribution in [0.5, 0.6) is 0 Å². The van der Waals surface area contributed by atoms with Crippen molar-refractivity contribution in [1.29, 1.82) is 10.5 Å². The highest BCUT2D eigenvalue weighted by atomic mass is 16.5. The van der Waals surface area contributed by atoms with Gasteiger partial charge >= 0.3 is 0 Å². The zero-order chi connectivity index (χ0) is 16.9. The Hall–Kier alpha value is -1.96. The van der Waals surface area contributed by atoms with E-state index in [-0.39, 0.29) is 12.0 Å². The van der Waals surface area contributed by atoms with Gasteiger partial charge in [0.15, 0.2) is 5.82 Å². The van der Waals surface area contributed by atoms with E-state index >= 15 is 0 Å². The van der Waals surface area contributed by atoms with Crippen LogP contribution in [0.4, 0.5) is 0 Å². The summed E-state index contributed by atoms with van der Waals surface area (Å²) < 4.78 is 5.44. The molecule has 2 fully saturated rings. The normalized spacial score (nSPS) is 21.8. The molecule has 7 nitrogen and oxygen atoms in total. The van der Waals surface area contributed by atoms with E-state index in [1.807, 2.05) is 0 Å². The number of rotatable bonds is 7. The lowest BCUT2D eigenvalue weighted by molar-refractivity contribution is 0.0828. The van der Waals surface area contributed by atoms with Gasteiger partial charge in [0, 0.05) is 45.1 Å². The van der Waals surface area contributed by atoms with Gasteiger partial charge in [0.05, 0.1) is 24.1 Å². The SMILES string of the molecule is C[C@@H](c1nc(C2CC2)no1)N1CCN(C[C@@H](C#N)CCC#N)CC1. The molecule has 0 bridgehead atoms. The number of hydrogen-bond acceptors (Lipinski definition) is 7. The molecule has 2 atom stereocenters. The Bertz CT molecular complexity index is 618. The molecule has 1 aliphatic carbocycles. The monoisotopic (exact) mass is 328 g/mol. The van der Waals surface area contributed by atoms with Crippen LogP contribution in [0.15, 0.2) is 4.52 Å². The Kier molecular flexibility index (Phi) is 5.44. The van der Waals surface area contributed by atoms with Crippen molar-refractivity contribution >= 4 is 0 Å². The zero-order valence-electron chi connectivity index (χ0n) is 14.2. The molecule has 7 heteroatoms. The van der Waals surface area contributed by atoms with Gasteiger partial charge in [-0.2, -0.15) is 15.5 Å². The fourth-order valence-corrected chi connectivity index (χ4v) is 3.16. The number of piperazine rings is 1. The third-order valence-corrected chi connectivity index (χ3v) is 4.98. The number of nitrogens with zero attached hydrogens (tertiary/aromatic N) is 6. The minimum Gasteiger partial charge on any atom is -0.338 e. The van der Waals surface area contributed by atoms with Crippen molar-refractivity contribution in [2.75, 3.05) is 32.7 Å². The highest BCUT2D eigenvalue weighted by molar-refractivity contribution is 5.05. The molecular formula is C17H24N6O. The quantitative estimate of drug-likeness (QED) is 0.756. The van der Waals surface area contributed by atoms with Gasteiger partial charge in [0.25, 0.3) is 0 Å². The molecule has 0 spiro atoms. The Labute approximate surface area is 142 Å². The zero-order valence-corrected chi connectivity index (χ0v) is 14.2. The van der Waals surface area contributed by atoms with Crippen molar-refractivity contribution in [2.45, 2.75) is 44.6 Å². The minimum absolute atomic E-state index is 0.0503. The summed E-state index contributed by atoms with van der Waals surface area (Å²) in [5, 5.41) is 22.0. The molecule has 1 saturated heterocycles. The first-order valence-corrected chi connectivity index (χ1v) is 8.77. The molecule has 24 heavy (non-hydrogen) atoms. The third-order valence-electron chi connectivity index (χ3n) is 4.98. The second-order valence-corrected chi connectivity index (χ2v) is 6.80. The van der Waals surface area contributed by atoms with Gasteiger partial charge in [-0.05, 0) is 26.2 Å². The first-order chi connectivity index (χ1) is 11.7. The van der Waals surface area contributed by atoms with Gasteiger partial charge in [-0.3, -0.25) is 9.80 Å². The van der Waals surface area contributed by atoms with Crippen LogP contribution in [-0.4, -0.2) is 52.7 Å². The van der Waals surface area contributed by atoms with Crippen LogP contribution in [0.1, 0.15) is 56.3 Å². The smallest absolute Gasteiger partial charge is 0.243 e. The van der Waals surface area contributed by atoms with E-state index in [2.05, 4.69) is 39.0 Å². The van der Waals surface area contributed by atoms with E-state index in [4.69, 9.17) is 9.78 Å². The van der Waals surface area contributed by atoms with E-state index in [0.717, 1.165) is 38.5 Å². The molecule has 2 aliphatic rings. The van der Waals surface area contributed by atoms with Crippen molar-refractivity contribution in [3.63, 3.8) is 0 Å². The summed E-state index contributed by atoms with van der Waals surface area (Å²) in [5.41, 5.74) is 0. The molecule has 1 aromatic heterocycles. The fraction of sp³-hybridized carbons (Fsp3) is 0.765. The summed E-state index contributed by atoms with van der Waals surface area (Å²) in [7, 11) is 0. The van der Waals surface area contributed by atoms with Gasteiger partial charge < -0.3 is 4.52 Å². The standard InChI is InChI=1S/C17H24N6O/c1-13(17-20-16(21-24-17)15-4-5-15)23-9-7-22(8-10-23)12-14(11-19)3-2-6-18/h13-15H,2-5,7-10,12H2,1H3/t13-,14+/m0/s1. The van der Waals surface area contributed by atoms with Crippen molar-refractivity contribution in [2.24, 2.45) is 5.92 Å². The molecule has 2 heterocycles. The predicted molar refractivity (Wildman–Crippen MR) is 86.7 cm³/mol. The predicted octanol–water partition coefficient (Wildman–Crippen LogP) is 2.07. The average molecular weight is 328 g/mol. The summed E-state index contributed by atoms with van der Waals surface area (Å²) in [4.78, 5) is 9.23. The number of aromatic nitrogens is 2. The number of nitriles is 2. The number of hydrogen-bond donors (Lipinski definition) is 0. The van der Waals surface area contributed by atoms with Crippen LogP contribution in [0.2, 0.25) is 0 Å². The maximum atomic E-state index is 9.20. The van der Waals surface area contributed by atoms with E-state index in [9.17, 15) is 5.26 Å². The molecule has 0 N–H and O–H groups in total. The summed E-state index contributed by atoms with van der Waals surface area (Å²) in [6, 6.07) is 4.58. The van der Waals surface area contributed by atoms with E-state index in [1.165, 1.54) is 12.8 Å². The highest BCUT2D eigenvalue weighted by Crippen LogP contribution is 2.38. The van der Waals surface area contributed by atoms with Crippen LogP contribution >= 0.6 is 0 Å². The lowest BCUT2D eigenvalue weighted by atomic mass is 10.0. The second-order valence-electron chi connectivity index (χ2n) is 6.80. The Balaban J connectivity index is 1.47. The first-order valence-electron chi connectivity index (χ1n) is 8.77. The second kappa shape index (κ2) is 7.74. The molecule has 0 amide bonds. The van der Waals surface area contributed by atoms with E-state index < -0.39 is 0 Å². The Morgan fingerprint density at radius 2 is 2.00 bits per heavy atom. The van der Waals surface area contributed by atoms with E-state index in [0.29, 0.717) is 24.7 Å². The topological polar surface area (TPSA) is 93.0 Å². The lowest BCUT2D eigenvalue weighted by Crippen LogP contribution is -2.48. The molecular weight excluding hydrogens is 304 g/mol. The summed E-state index contributed by atoms with van der Waals surface area (Å²) in [6.07, 6.45) is 3.47. The molecule has 0 radical (unpaired) electrons. The maximum absolute atomic E-state index is 9.20. The van der Waals surface area contributed by atoms with Gasteiger partial charge in [0.1, 0.15) is 0 Å². The van der Waals surface area contributed by atoms with Crippen molar-refractivity contribution < 1.29 is 4.52 Å². The van der Waals surface area contributed by atoms with Crippen LogP contribution < -0.4 is 0 Å². The fourth-order valence-electron chi connectivity index (χ4n) is 3.16. The molecule has 1 saturated carbocycles. The van der Waals surface area contributed by atoms with Gasteiger partial charge in [0.2, 0.25) is 5.89 Å². The molecule has 0 aromatic carbocycles. The van der Waals surface area contributed by atoms with Gasteiger partial charge in [-0.15, -0.1) is 0 Å². The lowest BCUT2D eigenvalue weighted by Gasteiger charge is -2.37.